The highest BCUT2D eigenvalue weighted by atomic mass is 19.1. The zero-order valence-corrected chi connectivity index (χ0v) is 14.0. The van der Waals surface area contributed by atoms with E-state index in [0.717, 1.165) is 6.42 Å². The molecule has 0 bridgehead atoms. The minimum Gasteiger partial charge on any atom is -0.343 e. The predicted octanol–water partition coefficient (Wildman–Crippen LogP) is 2.06. The number of rotatable bonds is 4. The monoisotopic (exact) mass is 346 g/mol. The van der Waals surface area contributed by atoms with Gasteiger partial charge in [-0.1, -0.05) is 5.16 Å². The summed E-state index contributed by atoms with van der Waals surface area (Å²) in [5.74, 6) is -0.120. The van der Waals surface area contributed by atoms with Gasteiger partial charge in [-0.25, -0.2) is 4.39 Å². The number of amides is 2. The molecule has 3 rings (SSSR count). The first kappa shape index (κ1) is 17.1. The van der Waals surface area contributed by atoms with Crippen molar-refractivity contribution in [2.24, 2.45) is 0 Å². The number of carbonyl (C=O) groups excluding carboxylic acids is 2. The third-order valence-electron chi connectivity index (χ3n) is 4.23. The Bertz CT molecular complexity index is 774. The zero-order chi connectivity index (χ0) is 18.0. The molecule has 2 aromatic rings. The van der Waals surface area contributed by atoms with Crippen molar-refractivity contribution in [1.29, 1.82) is 0 Å². The van der Waals surface area contributed by atoms with Crippen molar-refractivity contribution in [1.82, 2.24) is 20.4 Å². The lowest BCUT2D eigenvalue weighted by Gasteiger charge is -2.23. The van der Waals surface area contributed by atoms with Crippen molar-refractivity contribution in [2.75, 3.05) is 6.54 Å². The predicted molar refractivity (Wildman–Crippen MR) is 86.7 cm³/mol. The molecule has 2 atom stereocenters. The first-order valence-corrected chi connectivity index (χ1v) is 8.13. The van der Waals surface area contributed by atoms with E-state index in [1.165, 1.54) is 19.1 Å². The van der Waals surface area contributed by atoms with Crippen molar-refractivity contribution in [3.8, 4) is 11.4 Å². The Labute approximate surface area is 144 Å². The second kappa shape index (κ2) is 7.00. The lowest BCUT2D eigenvalue weighted by atomic mass is 10.2. The van der Waals surface area contributed by atoms with E-state index in [2.05, 4.69) is 15.5 Å². The molecule has 8 heteroatoms. The van der Waals surface area contributed by atoms with Gasteiger partial charge in [0.05, 0.1) is 0 Å². The average Bonchev–Trinajstić information content (AvgIpc) is 3.25. The molecule has 132 valence electrons. The molecule has 2 amide bonds. The maximum atomic E-state index is 13.0. The van der Waals surface area contributed by atoms with Crippen LogP contribution in [0.15, 0.2) is 28.8 Å². The van der Waals surface area contributed by atoms with Gasteiger partial charge in [0, 0.05) is 19.0 Å². The first-order chi connectivity index (χ1) is 12.0. The molecule has 0 spiro atoms. The molecule has 2 heterocycles. The SMILES string of the molecule is CC(=O)N1CCC[C@H]1C(=O)NC(C)c1nc(-c2ccc(F)cc2)no1. The Kier molecular flexibility index (Phi) is 4.78. The maximum Gasteiger partial charge on any atom is 0.249 e. The smallest absolute Gasteiger partial charge is 0.249 e. The van der Waals surface area contributed by atoms with Gasteiger partial charge in [-0.05, 0) is 44.0 Å². The number of carbonyl (C=O) groups is 2. The van der Waals surface area contributed by atoms with Crippen LogP contribution in [0.25, 0.3) is 11.4 Å². The second-order valence-corrected chi connectivity index (χ2v) is 6.06. The van der Waals surface area contributed by atoms with Crippen LogP contribution >= 0.6 is 0 Å². The minimum atomic E-state index is -0.497. The van der Waals surface area contributed by atoms with Crippen LogP contribution in [0.5, 0.6) is 0 Å². The molecule has 25 heavy (non-hydrogen) atoms. The van der Waals surface area contributed by atoms with E-state index >= 15 is 0 Å². The maximum absolute atomic E-state index is 13.0. The molecule has 0 saturated carbocycles. The summed E-state index contributed by atoms with van der Waals surface area (Å²) in [6.45, 7) is 3.78. The van der Waals surface area contributed by atoms with Crippen molar-refractivity contribution in [3.05, 3.63) is 36.0 Å². The first-order valence-electron chi connectivity index (χ1n) is 8.13. The highest BCUT2D eigenvalue weighted by molar-refractivity contribution is 5.87. The molecule has 1 aromatic carbocycles. The lowest BCUT2D eigenvalue weighted by molar-refractivity contribution is -0.137. The van der Waals surface area contributed by atoms with Gasteiger partial charge < -0.3 is 14.7 Å². The van der Waals surface area contributed by atoms with Crippen LogP contribution in [-0.2, 0) is 9.59 Å². The number of hydrogen-bond acceptors (Lipinski definition) is 5. The summed E-state index contributed by atoms with van der Waals surface area (Å²) in [4.78, 5) is 29.8. The van der Waals surface area contributed by atoms with E-state index in [1.807, 2.05) is 0 Å². The fourth-order valence-corrected chi connectivity index (χ4v) is 2.91. The van der Waals surface area contributed by atoms with Gasteiger partial charge in [-0.3, -0.25) is 9.59 Å². The van der Waals surface area contributed by atoms with Gasteiger partial charge in [-0.2, -0.15) is 4.98 Å². The summed E-state index contributed by atoms with van der Waals surface area (Å²) >= 11 is 0. The third-order valence-corrected chi connectivity index (χ3v) is 4.23. The second-order valence-electron chi connectivity index (χ2n) is 6.06. The summed E-state index contributed by atoms with van der Waals surface area (Å²) < 4.78 is 18.2. The average molecular weight is 346 g/mol. The highest BCUT2D eigenvalue weighted by Gasteiger charge is 2.33. The van der Waals surface area contributed by atoms with Gasteiger partial charge >= 0.3 is 0 Å². The Morgan fingerprint density at radius 2 is 2.08 bits per heavy atom. The zero-order valence-electron chi connectivity index (χ0n) is 14.0. The quantitative estimate of drug-likeness (QED) is 0.915. The van der Waals surface area contributed by atoms with Crippen LogP contribution in [0.3, 0.4) is 0 Å². The van der Waals surface area contributed by atoms with E-state index < -0.39 is 12.1 Å². The molecule has 0 aliphatic carbocycles. The fraction of sp³-hybridized carbons (Fsp3) is 0.412. The Morgan fingerprint density at radius 3 is 2.76 bits per heavy atom. The van der Waals surface area contributed by atoms with Crippen molar-refractivity contribution >= 4 is 11.8 Å². The van der Waals surface area contributed by atoms with Crippen molar-refractivity contribution < 1.29 is 18.5 Å². The number of likely N-dealkylation sites (tertiary alicyclic amines) is 1. The van der Waals surface area contributed by atoms with E-state index in [4.69, 9.17) is 4.52 Å². The summed E-state index contributed by atoms with van der Waals surface area (Å²) in [5.41, 5.74) is 0.619. The number of aromatic nitrogens is 2. The van der Waals surface area contributed by atoms with Crippen LogP contribution in [0.4, 0.5) is 4.39 Å². The molecular formula is C17H19FN4O3. The number of benzene rings is 1. The number of halogens is 1. The molecule has 1 aliphatic rings. The summed E-state index contributed by atoms with van der Waals surface area (Å²) in [6.07, 6.45) is 1.45. The Hall–Kier alpha value is -2.77. The van der Waals surface area contributed by atoms with Gasteiger partial charge in [0.15, 0.2) is 0 Å². The summed E-state index contributed by atoms with van der Waals surface area (Å²) in [5, 5.41) is 6.67. The lowest BCUT2D eigenvalue weighted by Crippen LogP contribution is -2.45. The molecule has 0 radical (unpaired) electrons. The van der Waals surface area contributed by atoms with E-state index in [-0.39, 0.29) is 23.5 Å². The molecule has 1 fully saturated rings. The van der Waals surface area contributed by atoms with Gasteiger partial charge in [-0.15, -0.1) is 0 Å². The molecule has 1 aromatic heterocycles. The molecule has 1 aliphatic heterocycles. The normalized spacial score (nSPS) is 18.2. The number of nitrogens with zero attached hydrogens (tertiary/aromatic N) is 3. The summed E-state index contributed by atoms with van der Waals surface area (Å²) in [7, 11) is 0. The molecule has 1 unspecified atom stereocenters. The molecular weight excluding hydrogens is 327 g/mol. The number of hydrogen-bond donors (Lipinski definition) is 1. The van der Waals surface area contributed by atoms with Crippen LogP contribution in [-0.4, -0.2) is 39.4 Å². The standard InChI is InChI=1S/C17H19FN4O3/c1-10(19-16(24)14-4-3-9-22(14)11(2)23)17-20-15(21-25-17)12-5-7-13(18)8-6-12/h5-8,10,14H,3-4,9H2,1-2H3,(H,19,24)/t10?,14-/m0/s1. The van der Waals surface area contributed by atoms with Crippen LogP contribution in [0, 0.1) is 5.82 Å². The Balaban J connectivity index is 1.67. The Morgan fingerprint density at radius 1 is 1.36 bits per heavy atom. The van der Waals surface area contributed by atoms with Gasteiger partial charge in [0.1, 0.15) is 17.9 Å². The highest BCUT2D eigenvalue weighted by Crippen LogP contribution is 2.21. The van der Waals surface area contributed by atoms with Crippen LogP contribution in [0.1, 0.15) is 38.6 Å². The topological polar surface area (TPSA) is 88.3 Å². The third kappa shape index (κ3) is 3.67. The van der Waals surface area contributed by atoms with Gasteiger partial charge in [0.25, 0.3) is 0 Å². The van der Waals surface area contributed by atoms with E-state index in [9.17, 15) is 14.0 Å². The molecule has 1 saturated heterocycles. The largest absolute Gasteiger partial charge is 0.343 e. The van der Waals surface area contributed by atoms with E-state index in [1.54, 1.807) is 24.0 Å². The van der Waals surface area contributed by atoms with Crippen molar-refractivity contribution in [2.45, 2.75) is 38.8 Å². The molecule has 1 N–H and O–H groups in total. The fourth-order valence-electron chi connectivity index (χ4n) is 2.91. The minimum absolute atomic E-state index is 0.110. The summed E-state index contributed by atoms with van der Waals surface area (Å²) in [6, 6.07) is 4.77. The number of nitrogens with one attached hydrogen (secondary N) is 1. The van der Waals surface area contributed by atoms with E-state index in [0.29, 0.717) is 24.4 Å². The van der Waals surface area contributed by atoms with Gasteiger partial charge in [0.2, 0.25) is 23.5 Å². The van der Waals surface area contributed by atoms with Crippen molar-refractivity contribution in [3.63, 3.8) is 0 Å². The molecule has 7 nitrogen and oxygen atoms in total. The van der Waals surface area contributed by atoms with Crippen LogP contribution < -0.4 is 5.32 Å². The van der Waals surface area contributed by atoms with Crippen LogP contribution in [0.2, 0.25) is 0 Å².